The smallest absolute Gasteiger partial charge is 0.295 e. The topological polar surface area (TPSA) is 70.1 Å². The summed E-state index contributed by atoms with van der Waals surface area (Å²) >= 11 is 6.05. The molecule has 32 heavy (non-hydrogen) atoms. The first-order valence-electron chi connectivity index (χ1n) is 10.6. The van der Waals surface area contributed by atoms with Gasteiger partial charge in [-0.05, 0) is 82.9 Å². The standard InChI is InChI=1S/C25H29ClN2O4/c1-16(2)32-20-12-8-18(9-13-20)23(29)21-22(17-6-10-19(26)11-7-17)28(25(31)24(21)30)15-5-14-27(3)4/h6-13,16,22,29H,5,14-15H2,1-4H3/b23-21+. The van der Waals surface area contributed by atoms with Gasteiger partial charge in [0.2, 0.25) is 0 Å². The van der Waals surface area contributed by atoms with Crippen molar-refractivity contribution in [3.05, 3.63) is 70.3 Å². The Kier molecular flexibility index (Phi) is 7.59. The van der Waals surface area contributed by atoms with Crippen LogP contribution in [-0.4, -0.2) is 59.9 Å². The molecule has 1 atom stereocenters. The number of nitrogens with zero attached hydrogens (tertiary/aromatic N) is 2. The van der Waals surface area contributed by atoms with Crippen LogP contribution in [0.2, 0.25) is 5.02 Å². The van der Waals surface area contributed by atoms with Crippen molar-refractivity contribution in [1.82, 2.24) is 9.80 Å². The van der Waals surface area contributed by atoms with Gasteiger partial charge >= 0.3 is 0 Å². The minimum absolute atomic E-state index is 0.0202. The largest absolute Gasteiger partial charge is 0.507 e. The van der Waals surface area contributed by atoms with Crippen molar-refractivity contribution in [2.45, 2.75) is 32.4 Å². The van der Waals surface area contributed by atoms with Crippen molar-refractivity contribution >= 4 is 29.1 Å². The molecule has 7 heteroatoms. The predicted octanol–water partition coefficient (Wildman–Crippen LogP) is 4.50. The highest BCUT2D eigenvalue weighted by Crippen LogP contribution is 2.39. The molecule has 0 aromatic heterocycles. The SMILES string of the molecule is CC(C)Oc1ccc(/C(O)=C2\C(=O)C(=O)N(CCCN(C)C)C2c2ccc(Cl)cc2)cc1. The summed E-state index contributed by atoms with van der Waals surface area (Å²) in [6, 6.07) is 13.2. The first kappa shape index (κ1) is 23.8. The van der Waals surface area contributed by atoms with Crippen molar-refractivity contribution in [3.63, 3.8) is 0 Å². The van der Waals surface area contributed by atoms with Crippen molar-refractivity contribution in [2.24, 2.45) is 0 Å². The van der Waals surface area contributed by atoms with Crippen molar-refractivity contribution in [3.8, 4) is 5.75 Å². The first-order valence-corrected chi connectivity index (χ1v) is 11.0. The number of Topliss-reactive ketones (excluding diaryl/α,β-unsaturated/α-hetero) is 1. The van der Waals surface area contributed by atoms with Crippen LogP contribution in [0.4, 0.5) is 0 Å². The number of hydrogen-bond acceptors (Lipinski definition) is 5. The van der Waals surface area contributed by atoms with Crippen LogP contribution in [0.5, 0.6) is 5.75 Å². The molecule has 2 aromatic carbocycles. The van der Waals surface area contributed by atoms with E-state index in [2.05, 4.69) is 0 Å². The molecule has 1 aliphatic rings. The van der Waals surface area contributed by atoms with Crippen LogP contribution in [0.15, 0.2) is 54.1 Å². The van der Waals surface area contributed by atoms with Gasteiger partial charge in [0.15, 0.2) is 0 Å². The molecule has 1 fully saturated rings. The summed E-state index contributed by atoms with van der Waals surface area (Å²) < 4.78 is 5.65. The lowest BCUT2D eigenvalue weighted by Crippen LogP contribution is -2.32. The van der Waals surface area contributed by atoms with E-state index in [0.717, 1.165) is 12.1 Å². The summed E-state index contributed by atoms with van der Waals surface area (Å²) in [7, 11) is 3.91. The Hall–Kier alpha value is -2.83. The zero-order valence-corrected chi connectivity index (χ0v) is 19.6. The second kappa shape index (κ2) is 10.2. The third-order valence-electron chi connectivity index (χ3n) is 5.23. The normalized spacial score (nSPS) is 18.1. The van der Waals surface area contributed by atoms with E-state index in [1.54, 1.807) is 48.5 Å². The van der Waals surface area contributed by atoms with Gasteiger partial charge in [0.1, 0.15) is 11.5 Å². The van der Waals surface area contributed by atoms with Crippen molar-refractivity contribution in [2.75, 3.05) is 27.2 Å². The minimum Gasteiger partial charge on any atom is -0.507 e. The molecule has 1 heterocycles. The average Bonchev–Trinajstić information content (AvgIpc) is 2.99. The molecule has 1 saturated heterocycles. The van der Waals surface area contributed by atoms with E-state index in [9.17, 15) is 14.7 Å². The Balaban J connectivity index is 2.03. The summed E-state index contributed by atoms with van der Waals surface area (Å²) in [5.41, 5.74) is 1.26. The second-order valence-electron chi connectivity index (χ2n) is 8.39. The number of halogens is 1. The molecule has 0 spiro atoms. The fourth-order valence-corrected chi connectivity index (χ4v) is 3.90. The Morgan fingerprint density at radius 1 is 1.09 bits per heavy atom. The van der Waals surface area contributed by atoms with E-state index in [-0.39, 0.29) is 17.4 Å². The van der Waals surface area contributed by atoms with E-state index >= 15 is 0 Å². The molecule has 2 aromatic rings. The highest BCUT2D eigenvalue weighted by atomic mass is 35.5. The third-order valence-corrected chi connectivity index (χ3v) is 5.48. The van der Waals surface area contributed by atoms with Gasteiger partial charge in [0.05, 0.1) is 17.7 Å². The number of carbonyl (C=O) groups is 2. The minimum atomic E-state index is -0.685. The number of aliphatic hydroxyl groups is 1. The number of benzene rings is 2. The summed E-state index contributed by atoms with van der Waals surface area (Å²) in [6.07, 6.45) is 0.720. The maximum atomic E-state index is 13.0. The van der Waals surface area contributed by atoms with Gasteiger partial charge in [0.25, 0.3) is 11.7 Å². The number of ketones is 1. The van der Waals surface area contributed by atoms with E-state index in [1.807, 2.05) is 32.8 Å². The van der Waals surface area contributed by atoms with Crippen LogP contribution >= 0.6 is 11.6 Å². The number of amides is 1. The van der Waals surface area contributed by atoms with Crippen LogP contribution < -0.4 is 4.74 Å². The lowest BCUT2D eigenvalue weighted by molar-refractivity contribution is -0.139. The van der Waals surface area contributed by atoms with Crippen LogP contribution in [0, 0.1) is 0 Å². The van der Waals surface area contributed by atoms with Crippen LogP contribution in [0.25, 0.3) is 5.76 Å². The van der Waals surface area contributed by atoms with Crippen LogP contribution in [0.3, 0.4) is 0 Å². The van der Waals surface area contributed by atoms with Gasteiger partial charge < -0.3 is 19.6 Å². The fourth-order valence-electron chi connectivity index (χ4n) is 3.78. The molecule has 0 saturated carbocycles. The zero-order valence-electron chi connectivity index (χ0n) is 18.8. The molecule has 1 amide bonds. The molecule has 0 bridgehead atoms. The first-order chi connectivity index (χ1) is 15.2. The summed E-state index contributed by atoms with van der Waals surface area (Å²) in [5.74, 6) is -0.829. The molecule has 1 N–H and O–H groups in total. The van der Waals surface area contributed by atoms with Crippen molar-refractivity contribution < 1.29 is 19.4 Å². The van der Waals surface area contributed by atoms with Gasteiger partial charge in [0, 0.05) is 17.1 Å². The van der Waals surface area contributed by atoms with E-state index < -0.39 is 17.7 Å². The van der Waals surface area contributed by atoms with Gasteiger partial charge in [-0.1, -0.05) is 23.7 Å². The average molecular weight is 457 g/mol. The van der Waals surface area contributed by atoms with Gasteiger partial charge in [-0.2, -0.15) is 0 Å². The maximum Gasteiger partial charge on any atom is 0.295 e. The summed E-state index contributed by atoms with van der Waals surface area (Å²) in [4.78, 5) is 29.5. The van der Waals surface area contributed by atoms with Gasteiger partial charge in [-0.15, -0.1) is 0 Å². The number of aliphatic hydroxyl groups excluding tert-OH is 1. The number of likely N-dealkylation sites (tertiary alicyclic amines) is 1. The molecular weight excluding hydrogens is 428 g/mol. The number of hydrogen-bond donors (Lipinski definition) is 1. The van der Waals surface area contributed by atoms with Crippen LogP contribution in [0.1, 0.15) is 37.4 Å². The second-order valence-corrected chi connectivity index (χ2v) is 8.83. The monoisotopic (exact) mass is 456 g/mol. The van der Waals surface area contributed by atoms with E-state index in [1.165, 1.54) is 4.90 Å². The number of ether oxygens (including phenoxy) is 1. The lowest BCUT2D eigenvalue weighted by atomic mass is 9.95. The zero-order chi connectivity index (χ0) is 23.4. The molecule has 1 aliphatic heterocycles. The molecular formula is C25H29ClN2O4. The van der Waals surface area contributed by atoms with Gasteiger partial charge in [-0.25, -0.2) is 0 Å². The molecule has 0 aliphatic carbocycles. The molecule has 170 valence electrons. The quantitative estimate of drug-likeness (QED) is 0.360. The van der Waals surface area contributed by atoms with E-state index in [0.29, 0.717) is 29.3 Å². The molecule has 1 unspecified atom stereocenters. The highest BCUT2D eigenvalue weighted by Gasteiger charge is 2.45. The highest BCUT2D eigenvalue weighted by molar-refractivity contribution is 6.46. The molecule has 3 rings (SSSR count). The predicted molar refractivity (Wildman–Crippen MR) is 126 cm³/mol. The Bertz CT molecular complexity index is 998. The summed E-state index contributed by atoms with van der Waals surface area (Å²) in [6.45, 7) is 5.02. The third kappa shape index (κ3) is 5.31. The Morgan fingerprint density at radius 2 is 1.72 bits per heavy atom. The van der Waals surface area contributed by atoms with E-state index in [4.69, 9.17) is 16.3 Å². The van der Waals surface area contributed by atoms with Gasteiger partial charge in [-0.3, -0.25) is 9.59 Å². The molecule has 6 nitrogen and oxygen atoms in total. The maximum absolute atomic E-state index is 13.0. The number of rotatable bonds is 8. The molecule has 0 radical (unpaired) electrons. The number of carbonyl (C=O) groups excluding carboxylic acids is 2. The summed E-state index contributed by atoms with van der Waals surface area (Å²) in [5, 5.41) is 11.7. The Labute approximate surface area is 194 Å². The Morgan fingerprint density at radius 3 is 2.28 bits per heavy atom. The lowest BCUT2D eigenvalue weighted by Gasteiger charge is -2.26. The van der Waals surface area contributed by atoms with Crippen molar-refractivity contribution in [1.29, 1.82) is 0 Å². The fraction of sp³-hybridized carbons (Fsp3) is 0.360. The van der Waals surface area contributed by atoms with Crippen LogP contribution in [-0.2, 0) is 9.59 Å².